The van der Waals surface area contributed by atoms with Gasteiger partial charge in [-0.05, 0) is 29.8 Å². The zero-order chi connectivity index (χ0) is 21.7. The van der Waals surface area contributed by atoms with Crippen LogP contribution in [0.15, 0.2) is 59.0 Å². The summed E-state index contributed by atoms with van der Waals surface area (Å²) in [5, 5.41) is 12.1. The molecule has 0 aliphatic heterocycles. The zero-order valence-electron chi connectivity index (χ0n) is 17.1. The number of nitrogens with zero attached hydrogens (tertiary/aromatic N) is 1. The number of hydrogen-bond donors (Lipinski definition) is 2. The summed E-state index contributed by atoms with van der Waals surface area (Å²) >= 11 is 0. The highest BCUT2D eigenvalue weighted by molar-refractivity contribution is 5.94. The smallest absolute Gasteiger partial charge is 0.305 e. The minimum atomic E-state index is -1.03. The summed E-state index contributed by atoms with van der Waals surface area (Å²) in [4.78, 5) is 28.9. The highest BCUT2D eigenvalue weighted by Gasteiger charge is 2.26. The summed E-state index contributed by atoms with van der Waals surface area (Å²) < 4.78 is 11.1. The Hall–Kier alpha value is -3.61. The fourth-order valence-electron chi connectivity index (χ4n) is 3.10. The number of benzene rings is 2. The molecule has 0 fully saturated rings. The van der Waals surface area contributed by atoms with Gasteiger partial charge in [-0.1, -0.05) is 44.2 Å². The van der Waals surface area contributed by atoms with Crippen LogP contribution in [0.3, 0.4) is 0 Å². The number of oxazole rings is 1. The number of aromatic nitrogens is 1. The molecule has 3 aromatic rings. The van der Waals surface area contributed by atoms with E-state index >= 15 is 0 Å². The Kier molecular flexibility index (Phi) is 6.51. The Morgan fingerprint density at radius 1 is 1.13 bits per heavy atom. The van der Waals surface area contributed by atoms with Crippen molar-refractivity contribution in [2.45, 2.75) is 32.2 Å². The number of rotatable bonds is 8. The highest BCUT2D eigenvalue weighted by Crippen LogP contribution is 2.28. The molecular weight excluding hydrogens is 384 g/mol. The Morgan fingerprint density at radius 2 is 1.87 bits per heavy atom. The maximum Gasteiger partial charge on any atom is 0.305 e. The average Bonchev–Trinajstić information content (AvgIpc) is 3.20. The predicted octanol–water partition coefficient (Wildman–Crippen LogP) is 4.42. The number of ether oxygens (including phenoxy) is 1. The lowest BCUT2D eigenvalue weighted by molar-refractivity contribution is -0.137. The largest absolute Gasteiger partial charge is 0.497 e. The van der Waals surface area contributed by atoms with Gasteiger partial charge < -0.3 is 19.6 Å². The van der Waals surface area contributed by atoms with Crippen LogP contribution in [0.2, 0.25) is 0 Å². The number of carbonyl (C=O) groups is 2. The molecule has 0 aliphatic carbocycles. The topological polar surface area (TPSA) is 102 Å². The molecule has 1 amide bonds. The van der Waals surface area contributed by atoms with Crippen LogP contribution in [-0.4, -0.2) is 29.1 Å². The molecule has 2 N–H and O–H groups in total. The predicted molar refractivity (Wildman–Crippen MR) is 111 cm³/mol. The summed E-state index contributed by atoms with van der Waals surface area (Å²) in [5.41, 5.74) is 1.54. The van der Waals surface area contributed by atoms with Gasteiger partial charge in [-0.2, -0.15) is 0 Å². The van der Waals surface area contributed by atoms with E-state index in [0.717, 1.165) is 5.56 Å². The maximum absolute atomic E-state index is 13.1. The molecule has 0 saturated carbocycles. The van der Waals surface area contributed by atoms with Crippen molar-refractivity contribution in [1.82, 2.24) is 10.3 Å². The molecule has 2 aromatic carbocycles. The lowest BCUT2D eigenvalue weighted by Crippen LogP contribution is -2.31. The number of aliphatic carboxylic acids is 1. The second-order valence-electron chi connectivity index (χ2n) is 7.15. The van der Waals surface area contributed by atoms with Gasteiger partial charge in [0.2, 0.25) is 5.89 Å². The first-order valence-corrected chi connectivity index (χ1v) is 9.61. The molecular formula is C23H24N2O5. The van der Waals surface area contributed by atoms with E-state index in [1.807, 2.05) is 44.2 Å². The summed E-state index contributed by atoms with van der Waals surface area (Å²) in [6, 6.07) is 15.5. The summed E-state index contributed by atoms with van der Waals surface area (Å²) in [6.45, 7) is 3.81. The lowest BCUT2D eigenvalue weighted by atomic mass is 10.0. The first kappa shape index (κ1) is 21.1. The van der Waals surface area contributed by atoms with E-state index in [0.29, 0.717) is 23.0 Å². The first-order chi connectivity index (χ1) is 14.4. The van der Waals surface area contributed by atoms with Crippen molar-refractivity contribution in [3.05, 3.63) is 71.6 Å². The van der Waals surface area contributed by atoms with E-state index in [9.17, 15) is 14.7 Å². The Balaban J connectivity index is 1.93. The third-order valence-corrected chi connectivity index (χ3v) is 4.59. The Morgan fingerprint density at radius 3 is 2.50 bits per heavy atom. The van der Waals surface area contributed by atoms with Crippen LogP contribution in [0, 0.1) is 0 Å². The monoisotopic (exact) mass is 408 g/mol. The summed E-state index contributed by atoms with van der Waals surface area (Å²) in [7, 11) is 1.53. The molecule has 0 saturated heterocycles. The van der Waals surface area contributed by atoms with Gasteiger partial charge in [0, 0.05) is 11.5 Å². The molecule has 0 spiro atoms. The van der Waals surface area contributed by atoms with Gasteiger partial charge in [-0.15, -0.1) is 0 Å². The minimum Gasteiger partial charge on any atom is -0.497 e. The van der Waals surface area contributed by atoms with E-state index in [1.54, 1.807) is 24.3 Å². The van der Waals surface area contributed by atoms with Crippen molar-refractivity contribution in [3.8, 4) is 17.2 Å². The molecule has 0 radical (unpaired) electrons. The molecule has 1 aromatic heterocycles. The van der Waals surface area contributed by atoms with Crippen molar-refractivity contribution >= 4 is 11.9 Å². The van der Waals surface area contributed by atoms with Crippen LogP contribution in [0.5, 0.6) is 5.75 Å². The summed E-state index contributed by atoms with van der Waals surface area (Å²) in [5.74, 6) is -0.221. The van der Waals surface area contributed by atoms with Crippen molar-refractivity contribution in [3.63, 3.8) is 0 Å². The number of carbonyl (C=O) groups excluding carboxylic acids is 1. The van der Waals surface area contributed by atoms with Crippen molar-refractivity contribution < 1.29 is 23.8 Å². The SMILES string of the molecule is COc1cccc(C(CC(=O)O)NC(=O)c2nc(-c3ccccc3)oc2C(C)C)c1. The number of methoxy groups -OCH3 is 1. The highest BCUT2D eigenvalue weighted by atomic mass is 16.5. The molecule has 30 heavy (non-hydrogen) atoms. The normalized spacial score (nSPS) is 11.9. The second-order valence-corrected chi connectivity index (χ2v) is 7.15. The van der Waals surface area contributed by atoms with Gasteiger partial charge in [0.05, 0.1) is 19.6 Å². The van der Waals surface area contributed by atoms with Gasteiger partial charge in [-0.3, -0.25) is 9.59 Å². The summed E-state index contributed by atoms with van der Waals surface area (Å²) in [6.07, 6.45) is -0.278. The molecule has 3 rings (SSSR count). The van der Waals surface area contributed by atoms with Gasteiger partial charge in [-0.25, -0.2) is 4.98 Å². The van der Waals surface area contributed by atoms with Crippen LogP contribution in [0.25, 0.3) is 11.5 Å². The zero-order valence-corrected chi connectivity index (χ0v) is 17.1. The quantitative estimate of drug-likeness (QED) is 0.572. The standard InChI is InChI=1S/C23H24N2O5/c1-14(2)21-20(25-23(30-21)15-8-5-4-6-9-15)22(28)24-18(13-19(26)27)16-10-7-11-17(12-16)29-3/h4-12,14,18H,13H2,1-3H3,(H,24,28)(H,26,27). The second kappa shape index (κ2) is 9.26. The molecule has 1 atom stereocenters. The van der Waals surface area contributed by atoms with Crippen LogP contribution in [0.4, 0.5) is 0 Å². The van der Waals surface area contributed by atoms with E-state index in [1.165, 1.54) is 7.11 Å². The number of carboxylic acid groups (broad SMARTS) is 1. The van der Waals surface area contributed by atoms with Crippen molar-refractivity contribution in [2.75, 3.05) is 7.11 Å². The van der Waals surface area contributed by atoms with Gasteiger partial charge in [0.15, 0.2) is 5.69 Å². The van der Waals surface area contributed by atoms with E-state index in [-0.39, 0.29) is 18.0 Å². The van der Waals surface area contributed by atoms with E-state index < -0.39 is 17.9 Å². The molecule has 1 unspecified atom stereocenters. The molecule has 0 bridgehead atoms. The van der Waals surface area contributed by atoms with Crippen molar-refractivity contribution in [2.24, 2.45) is 0 Å². The maximum atomic E-state index is 13.1. The Labute approximate surface area is 174 Å². The number of hydrogen-bond acceptors (Lipinski definition) is 5. The molecule has 1 heterocycles. The average molecular weight is 408 g/mol. The van der Waals surface area contributed by atoms with Gasteiger partial charge >= 0.3 is 5.97 Å². The first-order valence-electron chi connectivity index (χ1n) is 9.61. The lowest BCUT2D eigenvalue weighted by Gasteiger charge is -2.18. The minimum absolute atomic E-state index is 0.0783. The van der Waals surface area contributed by atoms with Gasteiger partial charge in [0.1, 0.15) is 11.5 Å². The molecule has 0 aliphatic rings. The fourth-order valence-corrected chi connectivity index (χ4v) is 3.10. The number of amides is 1. The molecule has 7 heteroatoms. The van der Waals surface area contributed by atoms with E-state index in [2.05, 4.69) is 10.3 Å². The van der Waals surface area contributed by atoms with Gasteiger partial charge in [0.25, 0.3) is 5.91 Å². The Bertz CT molecular complexity index is 1030. The third kappa shape index (κ3) is 4.86. The molecule has 156 valence electrons. The third-order valence-electron chi connectivity index (χ3n) is 4.59. The van der Waals surface area contributed by atoms with Crippen LogP contribution in [-0.2, 0) is 4.79 Å². The van der Waals surface area contributed by atoms with Crippen LogP contribution >= 0.6 is 0 Å². The number of carboxylic acids is 1. The van der Waals surface area contributed by atoms with E-state index in [4.69, 9.17) is 9.15 Å². The number of nitrogens with one attached hydrogen (secondary N) is 1. The van der Waals surface area contributed by atoms with Crippen LogP contribution in [0.1, 0.15) is 54.0 Å². The molecule has 7 nitrogen and oxygen atoms in total. The fraction of sp³-hybridized carbons (Fsp3) is 0.261. The van der Waals surface area contributed by atoms with Crippen LogP contribution < -0.4 is 10.1 Å². The van der Waals surface area contributed by atoms with Crippen molar-refractivity contribution in [1.29, 1.82) is 0 Å².